The summed E-state index contributed by atoms with van der Waals surface area (Å²) in [5, 5.41) is 7.56. The highest BCUT2D eigenvalue weighted by molar-refractivity contribution is 8.02. The third kappa shape index (κ3) is 2.01. The smallest absolute Gasteiger partial charge is 0.265 e. The number of fused-ring (bicyclic) bond motifs is 2. The molecule has 1 aromatic carbocycles. The fourth-order valence-electron chi connectivity index (χ4n) is 2.36. The van der Waals surface area contributed by atoms with Crippen LogP contribution in [0, 0.1) is 0 Å². The van der Waals surface area contributed by atoms with Gasteiger partial charge in [-0.1, -0.05) is 17.8 Å². The molecule has 0 unspecified atom stereocenters. The van der Waals surface area contributed by atoms with Gasteiger partial charge >= 0.3 is 0 Å². The molecule has 3 aromatic rings. The molecule has 1 aliphatic heterocycles. The van der Waals surface area contributed by atoms with Gasteiger partial charge in [-0.05, 0) is 29.7 Å². The summed E-state index contributed by atoms with van der Waals surface area (Å²) in [5.41, 5.74) is 1.26. The van der Waals surface area contributed by atoms with Gasteiger partial charge in [-0.25, -0.2) is 9.67 Å². The van der Waals surface area contributed by atoms with Crippen molar-refractivity contribution in [2.24, 2.45) is 0 Å². The van der Waals surface area contributed by atoms with E-state index in [1.165, 1.54) is 11.8 Å². The highest BCUT2D eigenvalue weighted by Crippen LogP contribution is 2.22. The molecule has 0 radical (unpaired) electrons. The van der Waals surface area contributed by atoms with Crippen LogP contribution in [0.1, 0.15) is 0 Å². The Balaban J connectivity index is 1.87. The average Bonchev–Trinajstić information content (AvgIpc) is 2.99. The number of aromatic nitrogens is 4. The molecule has 7 heteroatoms. The summed E-state index contributed by atoms with van der Waals surface area (Å²) in [7, 11) is 1.62. The quantitative estimate of drug-likeness (QED) is 0.679. The first-order valence-electron chi connectivity index (χ1n) is 6.72. The number of rotatable bonds is 2. The van der Waals surface area contributed by atoms with E-state index < -0.39 is 0 Å². The number of ether oxygens (including phenoxy) is 1. The summed E-state index contributed by atoms with van der Waals surface area (Å²) >= 11 is 1.43. The average molecular weight is 312 g/mol. The lowest BCUT2D eigenvalue weighted by atomic mass is 10.3. The first kappa shape index (κ1) is 13.1. The van der Waals surface area contributed by atoms with Crippen LogP contribution in [0.3, 0.4) is 0 Å². The summed E-state index contributed by atoms with van der Waals surface area (Å²) in [6.07, 6.45) is 3.67. The van der Waals surface area contributed by atoms with Crippen LogP contribution >= 0.6 is 11.8 Å². The molecule has 0 N–H and O–H groups in total. The van der Waals surface area contributed by atoms with Gasteiger partial charge in [0, 0.05) is 12.7 Å². The second kappa shape index (κ2) is 5.03. The number of hydrogen-bond donors (Lipinski definition) is 0. The zero-order chi connectivity index (χ0) is 15.1. The van der Waals surface area contributed by atoms with E-state index in [4.69, 9.17) is 4.74 Å². The molecule has 110 valence electrons. The Morgan fingerprint density at radius 3 is 2.86 bits per heavy atom. The van der Waals surface area contributed by atoms with Crippen LogP contribution < -0.4 is 10.3 Å². The molecule has 3 heterocycles. The van der Waals surface area contributed by atoms with Crippen molar-refractivity contribution in [3.63, 3.8) is 0 Å². The van der Waals surface area contributed by atoms with Crippen LogP contribution in [0.25, 0.3) is 16.7 Å². The summed E-state index contributed by atoms with van der Waals surface area (Å²) in [6, 6.07) is 7.48. The van der Waals surface area contributed by atoms with Gasteiger partial charge in [0.15, 0.2) is 10.8 Å². The summed E-state index contributed by atoms with van der Waals surface area (Å²) < 4.78 is 8.47. The molecule has 6 nitrogen and oxygen atoms in total. The Morgan fingerprint density at radius 1 is 1.27 bits per heavy atom. The minimum Gasteiger partial charge on any atom is -0.497 e. The predicted octanol–water partition coefficient (Wildman–Crippen LogP) is 2.21. The van der Waals surface area contributed by atoms with Crippen molar-refractivity contribution in [2.45, 2.75) is 11.7 Å². The van der Waals surface area contributed by atoms with E-state index >= 15 is 0 Å². The lowest BCUT2D eigenvalue weighted by Crippen LogP contribution is -2.23. The summed E-state index contributed by atoms with van der Waals surface area (Å²) in [5.74, 6) is 0.775. The third-order valence-electron chi connectivity index (χ3n) is 3.50. The number of methoxy groups -OCH3 is 1. The minimum absolute atomic E-state index is 0.0587. The van der Waals surface area contributed by atoms with Gasteiger partial charge in [0.2, 0.25) is 0 Å². The second-order valence-electron chi connectivity index (χ2n) is 4.81. The van der Waals surface area contributed by atoms with Gasteiger partial charge in [0.1, 0.15) is 11.1 Å². The maximum atomic E-state index is 12.5. The van der Waals surface area contributed by atoms with E-state index in [0.717, 1.165) is 11.4 Å². The van der Waals surface area contributed by atoms with E-state index in [1.54, 1.807) is 22.6 Å². The molecule has 1 aliphatic rings. The van der Waals surface area contributed by atoms with Crippen LogP contribution in [0.5, 0.6) is 5.75 Å². The molecule has 0 amide bonds. The van der Waals surface area contributed by atoms with Gasteiger partial charge in [0.25, 0.3) is 5.56 Å². The van der Waals surface area contributed by atoms with Gasteiger partial charge in [-0.15, -0.1) is 5.10 Å². The number of allylic oxidation sites excluding steroid dienone is 1. The summed E-state index contributed by atoms with van der Waals surface area (Å²) in [4.78, 5) is 17.0. The van der Waals surface area contributed by atoms with Crippen LogP contribution in [-0.2, 0) is 6.54 Å². The maximum absolute atomic E-state index is 12.5. The molecule has 22 heavy (non-hydrogen) atoms. The van der Waals surface area contributed by atoms with Crippen molar-refractivity contribution in [2.75, 3.05) is 7.11 Å². The lowest BCUT2D eigenvalue weighted by Gasteiger charge is -2.10. The Bertz CT molecular complexity index is 941. The van der Waals surface area contributed by atoms with E-state index in [9.17, 15) is 4.79 Å². The molecule has 0 bridgehead atoms. The van der Waals surface area contributed by atoms with Crippen molar-refractivity contribution in [3.05, 3.63) is 52.3 Å². The highest BCUT2D eigenvalue weighted by atomic mass is 32.2. The van der Waals surface area contributed by atoms with Crippen molar-refractivity contribution in [3.8, 4) is 11.4 Å². The SMILES string of the molecule is COc1ccc(-n2cc3c(=O)n4c(nc3n2)SC=CC4)cc1. The maximum Gasteiger partial charge on any atom is 0.265 e. The standard InChI is InChI=1S/C15H12N4O2S/c1-21-11-5-3-10(4-6-11)19-9-12-13(17-19)16-15-18(14(12)20)7-2-8-22-15/h2-6,8-9H,7H2,1H3. The number of hydrogen-bond acceptors (Lipinski definition) is 5. The number of benzene rings is 1. The number of nitrogens with zero attached hydrogens (tertiary/aromatic N) is 4. The second-order valence-corrected chi connectivity index (χ2v) is 5.68. The van der Waals surface area contributed by atoms with Gasteiger partial charge < -0.3 is 4.74 Å². The molecule has 0 fully saturated rings. The Kier molecular flexibility index (Phi) is 3.00. The molecule has 0 saturated heterocycles. The molecule has 4 rings (SSSR count). The Labute approximate surface area is 130 Å². The Morgan fingerprint density at radius 2 is 2.09 bits per heavy atom. The normalized spacial score (nSPS) is 13.3. The highest BCUT2D eigenvalue weighted by Gasteiger charge is 2.15. The van der Waals surface area contributed by atoms with Crippen molar-refractivity contribution < 1.29 is 4.74 Å². The predicted molar refractivity (Wildman–Crippen MR) is 84.7 cm³/mol. The van der Waals surface area contributed by atoms with Gasteiger partial charge in [0.05, 0.1) is 12.8 Å². The Hall–Kier alpha value is -2.54. The molecular formula is C15H12N4O2S. The van der Waals surface area contributed by atoms with E-state index in [0.29, 0.717) is 22.7 Å². The molecule has 0 saturated carbocycles. The van der Waals surface area contributed by atoms with Crippen molar-refractivity contribution in [1.29, 1.82) is 0 Å². The summed E-state index contributed by atoms with van der Waals surface area (Å²) in [6.45, 7) is 0.553. The van der Waals surface area contributed by atoms with Gasteiger partial charge in [-0.2, -0.15) is 0 Å². The lowest BCUT2D eigenvalue weighted by molar-refractivity contribution is 0.414. The third-order valence-corrected chi connectivity index (χ3v) is 4.35. The fourth-order valence-corrected chi connectivity index (χ4v) is 3.08. The molecule has 0 spiro atoms. The van der Waals surface area contributed by atoms with Crippen LogP contribution in [0.2, 0.25) is 0 Å². The largest absolute Gasteiger partial charge is 0.497 e. The monoisotopic (exact) mass is 312 g/mol. The minimum atomic E-state index is -0.0587. The van der Waals surface area contributed by atoms with Crippen molar-refractivity contribution in [1.82, 2.24) is 19.3 Å². The first-order chi connectivity index (χ1) is 10.8. The van der Waals surface area contributed by atoms with Crippen LogP contribution in [0.4, 0.5) is 0 Å². The first-order valence-corrected chi connectivity index (χ1v) is 7.60. The fraction of sp³-hybridized carbons (Fsp3) is 0.133. The molecule has 0 atom stereocenters. The number of thioether (sulfide) groups is 1. The van der Waals surface area contributed by atoms with Crippen LogP contribution in [-0.4, -0.2) is 26.4 Å². The zero-order valence-electron chi connectivity index (χ0n) is 11.8. The van der Waals surface area contributed by atoms with E-state index in [-0.39, 0.29) is 5.56 Å². The molecular weight excluding hydrogens is 300 g/mol. The topological polar surface area (TPSA) is 61.9 Å². The van der Waals surface area contributed by atoms with E-state index in [1.807, 2.05) is 35.7 Å². The van der Waals surface area contributed by atoms with E-state index in [2.05, 4.69) is 10.1 Å². The van der Waals surface area contributed by atoms with Crippen molar-refractivity contribution >= 4 is 22.8 Å². The molecule has 2 aromatic heterocycles. The van der Waals surface area contributed by atoms with Gasteiger partial charge in [-0.3, -0.25) is 9.36 Å². The molecule has 0 aliphatic carbocycles. The van der Waals surface area contributed by atoms with Crippen LogP contribution in [0.15, 0.2) is 51.9 Å². The zero-order valence-corrected chi connectivity index (χ0v) is 12.6.